The molecule has 4 N–H and O–H groups in total. The number of nitrogens with two attached hydrogens (primary N) is 2. The van der Waals surface area contributed by atoms with Crippen molar-refractivity contribution in [1.82, 2.24) is 0 Å². The van der Waals surface area contributed by atoms with Gasteiger partial charge in [0.1, 0.15) is 12.4 Å². The van der Waals surface area contributed by atoms with Crippen LogP contribution in [-0.2, 0) is 4.74 Å². The molecule has 44 valence electrons. The Labute approximate surface area is 46.8 Å². The van der Waals surface area contributed by atoms with Crippen molar-refractivity contribution < 1.29 is 4.74 Å². The Hall–Kier alpha value is -1.19. The number of hydrogen-bond acceptors (Lipinski definition) is 4. The Balaban J connectivity index is 2.69. The van der Waals surface area contributed by atoms with Crippen molar-refractivity contribution in [3.05, 3.63) is 11.9 Å². The molecule has 1 rings (SSSR count). The van der Waals surface area contributed by atoms with Crippen molar-refractivity contribution >= 4 is 6.02 Å². The Morgan fingerprint density at radius 2 is 2.38 bits per heavy atom. The standard InChI is InChI=1S/C4H7N3O/c5-3-1-2-8-4(6)7-3/h1H,2,5H2,(H2,6,7). The van der Waals surface area contributed by atoms with Gasteiger partial charge >= 0.3 is 0 Å². The van der Waals surface area contributed by atoms with Gasteiger partial charge in [-0.1, -0.05) is 0 Å². The lowest BCUT2D eigenvalue weighted by atomic mass is 10.5. The van der Waals surface area contributed by atoms with E-state index in [1.54, 1.807) is 6.08 Å². The predicted molar refractivity (Wildman–Crippen MR) is 29.8 cm³/mol. The summed E-state index contributed by atoms with van der Waals surface area (Å²) in [5.41, 5.74) is 10.4. The molecular weight excluding hydrogens is 106 g/mol. The maximum atomic E-state index is 5.24. The monoisotopic (exact) mass is 113 g/mol. The summed E-state index contributed by atoms with van der Waals surface area (Å²) in [5.74, 6) is 0.425. The van der Waals surface area contributed by atoms with Crippen LogP contribution in [0.5, 0.6) is 0 Å². The number of aliphatic imine (C=N–C) groups is 1. The molecule has 0 aromatic rings. The van der Waals surface area contributed by atoms with E-state index in [0.29, 0.717) is 12.4 Å². The number of ether oxygens (including phenoxy) is 1. The van der Waals surface area contributed by atoms with Crippen LogP contribution < -0.4 is 11.5 Å². The normalized spacial score (nSPS) is 18.5. The van der Waals surface area contributed by atoms with E-state index in [-0.39, 0.29) is 6.02 Å². The molecule has 0 unspecified atom stereocenters. The molecule has 0 aliphatic carbocycles. The lowest BCUT2D eigenvalue weighted by molar-refractivity contribution is 0.336. The molecule has 0 fully saturated rings. The number of nitrogens with zero attached hydrogens (tertiary/aromatic N) is 1. The third-order valence-electron chi connectivity index (χ3n) is 0.763. The second kappa shape index (κ2) is 1.73. The molecule has 4 heteroatoms. The molecule has 4 nitrogen and oxygen atoms in total. The van der Waals surface area contributed by atoms with Crippen LogP contribution in [0.25, 0.3) is 0 Å². The zero-order chi connectivity index (χ0) is 5.98. The Kier molecular flexibility index (Phi) is 1.07. The lowest BCUT2D eigenvalue weighted by Crippen LogP contribution is -2.21. The van der Waals surface area contributed by atoms with Crippen LogP contribution in [0.1, 0.15) is 0 Å². The van der Waals surface area contributed by atoms with Crippen LogP contribution in [-0.4, -0.2) is 12.6 Å². The molecule has 0 aromatic heterocycles. The Morgan fingerprint density at radius 3 is 2.75 bits per heavy atom. The van der Waals surface area contributed by atoms with Crippen LogP contribution in [0.15, 0.2) is 16.9 Å². The lowest BCUT2D eigenvalue weighted by Gasteiger charge is -2.05. The van der Waals surface area contributed by atoms with E-state index < -0.39 is 0 Å². The number of rotatable bonds is 0. The molecule has 0 bridgehead atoms. The first-order valence-electron chi connectivity index (χ1n) is 2.21. The molecule has 0 spiro atoms. The van der Waals surface area contributed by atoms with E-state index in [2.05, 4.69) is 4.99 Å². The molecule has 0 atom stereocenters. The average molecular weight is 113 g/mol. The average Bonchev–Trinajstić information content (AvgIpc) is 1.64. The van der Waals surface area contributed by atoms with E-state index >= 15 is 0 Å². The molecule has 0 saturated heterocycles. The van der Waals surface area contributed by atoms with Gasteiger partial charge in [-0.05, 0) is 6.08 Å². The van der Waals surface area contributed by atoms with Gasteiger partial charge in [0.2, 0.25) is 0 Å². The second-order valence-corrected chi connectivity index (χ2v) is 1.39. The van der Waals surface area contributed by atoms with Gasteiger partial charge in [0, 0.05) is 0 Å². The highest BCUT2D eigenvalue weighted by Gasteiger charge is 1.97. The van der Waals surface area contributed by atoms with Gasteiger partial charge in [-0.15, -0.1) is 0 Å². The summed E-state index contributed by atoms with van der Waals surface area (Å²) < 4.78 is 4.72. The molecule has 0 aromatic carbocycles. The van der Waals surface area contributed by atoms with Gasteiger partial charge in [-0.25, -0.2) is 0 Å². The van der Waals surface area contributed by atoms with Crippen LogP contribution in [0.4, 0.5) is 0 Å². The first kappa shape index (κ1) is 4.96. The zero-order valence-corrected chi connectivity index (χ0v) is 4.29. The third kappa shape index (κ3) is 0.900. The van der Waals surface area contributed by atoms with E-state index in [1.165, 1.54) is 0 Å². The van der Waals surface area contributed by atoms with Gasteiger partial charge in [-0.3, -0.25) is 0 Å². The largest absolute Gasteiger partial charge is 0.461 e. The quantitative estimate of drug-likeness (QED) is 0.429. The fraction of sp³-hybridized carbons (Fsp3) is 0.250. The summed E-state index contributed by atoms with van der Waals surface area (Å²) in [6.45, 7) is 0.432. The second-order valence-electron chi connectivity index (χ2n) is 1.39. The van der Waals surface area contributed by atoms with Crippen molar-refractivity contribution in [2.45, 2.75) is 0 Å². The Morgan fingerprint density at radius 1 is 1.62 bits per heavy atom. The van der Waals surface area contributed by atoms with E-state index in [4.69, 9.17) is 16.2 Å². The topological polar surface area (TPSA) is 73.6 Å². The van der Waals surface area contributed by atoms with Gasteiger partial charge in [0.25, 0.3) is 6.02 Å². The summed E-state index contributed by atoms with van der Waals surface area (Å²) in [5, 5.41) is 0. The zero-order valence-electron chi connectivity index (χ0n) is 4.29. The van der Waals surface area contributed by atoms with Crippen LogP contribution >= 0.6 is 0 Å². The number of hydrogen-bond donors (Lipinski definition) is 2. The fourth-order valence-electron chi connectivity index (χ4n) is 0.418. The Bertz CT molecular complexity index is 149. The van der Waals surface area contributed by atoms with Crippen LogP contribution in [0, 0.1) is 0 Å². The molecule has 1 aliphatic heterocycles. The first-order valence-corrected chi connectivity index (χ1v) is 2.21. The molecule has 1 aliphatic rings. The molecule has 0 amide bonds. The highest BCUT2D eigenvalue weighted by molar-refractivity contribution is 5.73. The van der Waals surface area contributed by atoms with Crippen LogP contribution in [0.3, 0.4) is 0 Å². The van der Waals surface area contributed by atoms with E-state index in [1.807, 2.05) is 0 Å². The summed E-state index contributed by atoms with van der Waals surface area (Å²) in [6, 6.07) is 0.144. The minimum absolute atomic E-state index is 0.144. The first-order chi connectivity index (χ1) is 3.79. The van der Waals surface area contributed by atoms with E-state index in [0.717, 1.165) is 0 Å². The fourth-order valence-corrected chi connectivity index (χ4v) is 0.418. The third-order valence-corrected chi connectivity index (χ3v) is 0.763. The smallest absolute Gasteiger partial charge is 0.288 e. The molecule has 0 radical (unpaired) electrons. The molecular formula is C4H7N3O. The summed E-state index contributed by atoms with van der Waals surface area (Å²) in [4.78, 5) is 3.59. The number of amidine groups is 1. The van der Waals surface area contributed by atoms with Gasteiger partial charge in [0.15, 0.2) is 0 Å². The van der Waals surface area contributed by atoms with Gasteiger partial charge in [0.05, 0.1) is 0 Å². The summed E-state index contributed by atoms with van der Waals surface area (Å²) in [7, 11) is 0. The highest BCUT2D eigenvalue weighted by atomic mass is 16.5. The van der Waals surface area contributed by atoms with Gasteiger partial charge in [-0.2, -0.15) is 4.99 Å². The van der Waals surface area contributed by atoms with Crippen molar-refractivity contribution in [2.75, 3.05) is 6.61 Å². The van der Waals surface area contributed by atoms with Gasteiger partial charge < -0.3 is 16.2 Å². The molecule has 0 saturated carbocycles. The minimum atomic E-state index is 0.144. The molecule has 1 heterocycles. The molecule has 8 heavy (non-hydrogen) atoms. The van der Waals surface area contributed by atoms with Crippen LogP contribution in [0.2, 0.25) is 0 Å². The van der Waals surface area contributed by atoms with Crippen molar-refractivity contribution in [1.29, 1.82) is 0 Å². The summed E-state index contributed by atoms with van der Waals surface area (Å²) >= 11 is 0. The van der Waals surface area contributed by atoms with Crippen molar-refractivity contribution in [2.24, 2.45) is 16.5 Å². The maximum Gasteiger partial charge on any atom is 0.288 e. The highest BCUT2D eigenvalue weighted by Crippen LogP contribution is 1.93. The minimum Gasteiger partial charge on any atom is -0.461 e. The SMILES string of the molecule is NC1=CCOC(N)=N1. The van der Waals surface area contributed by atoms with E-state index in [9.17, 15) is 0 Å². The van der Waals surface area contributed by atoms with Crippen molar-refractivity contribution in [3.63, 3.8) is 0 Å². The predicted octanol–water partition coefficient (Wildman–Crippen LogP) is -0.869. The van der Waals surface area contributed by atoms with Crippen molar-refractivity contribution in [3.8, 4) is 0 Å². The maximum absolute atomic E-state index is 5.24. The summed E-state index contributed by atoms with van der Waals surface area (Å²) in [6.07, 6.45) is 1.65.